The molecule has 2 aliphatic heterocycles. The molecule has 5 aromatic rings. The number of nitrogens with one attached hydrogen (secondary N) is 5. The smallest absolute Gasteiger partial charge is 0.264 e. The molecule has 5 heterocycles. The van der Waals surface area contributed by atoms with Gasteiger partial charge in [0.1, 0.15) is 11.7 Å². The molecule has 1 unspecified atom stereocenters. The van der Waals surface area contributed by atoms with Crippen molar-refractivity contribution in [3.05, 3.63) is 83.8 Å². The minimum atomic E-state index is -1.02. The first-order valence-corrected chi connectivity index (χ1v) is 22.4. The summed E-state index contributed by atoms with van der Waals surface area (Å²) in [6.45, 7) is 8.31. The van der Waals surface area contributed by atoms with Gasteiger partial charge in [0.15, 0.2) is 0 Å². The van der Waals surface area contributed by atoms with E-state index in [1.54, 1.807) is 42.5 Å². The van der Waals surface area contributed by atoms with Gasteiger partial charge in [-0.1, -0.05) is 13.0 Å². The summed E-state index contributed by atoms with van der Waals surface area (Å²) in [4.78, 5) is 76.3. The largest absolute Gasteiger partial charge is 0.382 e. The average molecular weight is 925 g/mol. The number of hydrogen-bond donors (Lipinski definition) is 5. The summed E-state index contributed by atoms with van der Waals surface area (Å²) in [5, 5.41) is 16.8. The van der Waals surface area contributed by atoms with Crippen LogP contribution in [0.25, 0.3) is 22.3 Å². The number of aromatic amines is 1. The number of amides is 5. The highest BCUT2D eigenvalue weighted by molar-refractivity contribution is 6.25. The van der Waals surface area contributed by atoms with Crippen LogP contribution in [0.3, 0.4) is 0 Å². The Kier molecular flexibility index (Phi) is 17.9. The van der Waals surface area contributed by atoms with Crippen molar-refractivity contribution in [2.75, 3.05) is 103 Å². The SMILES string of the molecule is CCCn1cc(-c2nc(Nc3ccc(C(=O)NCCOCCOCCOCCOCCOCCOCCNc4cccc5c4C(=O)N(C4CCC(=O)NC4=O)C5=O)cc3)nc3[nH]ccc23)cn1. The second kappa shape index (κ2) is 24.8. The molecule has 1 saturated heterocycles. The lowest BCUT2D eigenvalue weighted by atomic mass is 10.0. The predicted molar refractivity (Wildman–Crippen MR) is 244 cm³/mol. The van der Waals surface area contributed by atoms with E-state index in [4.69, 9.17) is 33.4 Å². The van der Waals surface area contributed by atoms with Crippen molar-refractivity contribution in [2.45, 2.75) is 38.8 Å². The molecule has 0 saturated carbocycles. The maximum Gasteiger partial charge on any atom is 0.264 e. The molecule has 1 fully saturated rings. The number of aryl methyl sites for hydroxylation is 1. The van der Waals surface area contributed by atoms with Crippen LogP contribution in [-0.4, -0.2) is 158 Å². The van der Waals surface area contributed by atoms with Crippen LogP contribution in [0.4, 0.5) is 17.3 Å². The van der Waals surface area contributed by atoms with E-state index in [-0.39, 0.29) is 29.9 Å². The summed E-state index contributed by atoms with van der Waals surface area (Å²) in [5.41, 5.74) is 4.53. The molecule has 0 bridgehead atoms. The number of anilines is 3. The first-order chi connectivity index (χ1) is 32.8. The zero-order chi connectivity index (χ0) is 46.8. The third kappa shape index (κ3) is 13.3. The molecular weight excluding hydrogens is 869 g/mol. The van der Waals surface area contributed by atoms with E-state index in [1.807, 2.05) is 29.3 Å². The number of nitrogens with zero attached hydrogens (tertiary/aromatic N) is 5. The molecule has 0 spiro atoms. The number of H-pyrrole nitrogens is 1. The Bertz CT molecular complexity index is 2460. The van der Waals surface area contributed by atoms with Crippen molar-refractivity contribution in [3.63, 3.8) is 0 Å². The topological polar surface area (TPSA) is 251 Å². The average Bonchev–Trinajstić information content (AvgIpc) is 4.07. The first-order valence-electron chi connectivity index (χ1n) is 22.4. The first kappa shape index (κ1) is 48.3. The van der Waals surface area contributed by atoms with Gasteiger partial charge in [-0.25, -0.2) is 4.98 Å². The van der Waals surface area contributed by atoms with Crippen molar-refractivity contribution in [2.24, 2.45) is 0 Å². The van der Waals surface area contributed by atoms with Gasteiger partial charge in [-0.3, -0.25) is 38.9 Å². The molecule has 0 radical (unpaired) electrons. The molecule has 7 rings (SSSR count). The van der Waals surface area contributed by atoms with Crippen LogP contribution in [0.15, 0.2) is 67.1 Å². The minimum absolute atomic E-state index is 0.0583. The molecular formula is C46H56N10O11. The van der Waals surface area contributed by atoms with Crippen molar-refractivity contribution < 1.29 is 52.4 Å². The molecule has 0 aliphatic carbocycles. The maximum absolute atomic E-state index is 13.2. The summed E-state index contributed by atoms with van der Waals surface area (Å²) in [6.07, 6.45) is 6.77. The second-order valence-corrected chi connectivity index (χ2v) is 15.4. The monoisotopic (exact) mass is 924 g/mol. The minimum Gasteiger partial charge on any atom is -0.382 e. The zero-order valence-corrected chi connectivity index (χ0v) is 37.4. The highest BCUT2D eigenvalue weighted by Gasteiger charge is 2.45. The van der Waals surface area contributed by atoms with Crippen LogP contribution in [0.2, 0.25) is 0 Å². The Labute approximate surface area is 386 Å². The number of hydrogen-bond acceptors (Lipinski definition) is 16. The van der Waals surface area contributed by atoms with E-state index in [1.165, 1.54) is 0 Å². The molecule has 5 N–H and O–H groups in total. The third-order valence-corrected chi connectivity index (χ3v) is 10.6. The summed E-state index contributed by atoms with van der Waals surface area (Å²) >= 11 is 0. The van der Waals surface area contributed by atoms with E-state index >= 15 is 0 Å². The van der Waals surface area contributed by atoms with E-state index < -0.39 is 29.7 Å². The Morgan fingerprint density at radius 1 is 0.776 bits per heavy atom. The number of carbonyl (C=O) groups is 5. The van der Waals surface area contributed by atoms with Crippen molar-refractivity contribution in [1.29, 1.82) is 0 Å². The fraction of sp³-hybridized carbons (Fsp3) is 0.435. The number of carbonyl (C=O) groups excluding carboxylic acids is 5. The number of piperidine rings is 1. The Morgan fingerprint density at radius 2 is 1.43 bits per heavy atom. The number of aromatic nitrogens is 5. The molecule has 67 heavy (non-hydrogen) atoms. The lowest BCUT2D eigenvalue weighted by Gasteiger charge is -2.27. The van der Waals surface area contributed by atoms with Crippen molar-refractivity contribution in [3.8, 4) is 11.3 Å². The summed E-state index contributed by atoms with van der Waals surface area (Å²) in [7, 11) is 0. The molecule has 5 amide bonds. The van der Waals surface area contributed by atoms with Gasteiger partial charge in [-0.05, 0) is 55.3 Å². The standard InChI is InChI=1S/C46H56N10O11/c1-2-16-55-30-32(29-50-55)40-35-12-13-48-41(35)54-46(53-40)51-33-8-6-31(7-9-33)42(58)49-15-18-63-20-22-65-24-26-67-28-27-66-25-23-64-21-19-62-17-14-47-36-5-3-4-34-39(36)45(61)56(44(34)60)37-10-11-38(57)52-43(37)59/h3-9,12-13,29-30,37,47H,2,10-11,14-28H2,1H3,(H,49,58)(H,52,57,59)(H2,48,51,53,54). The zero-order valence-electron chi connectivity index (χ0n) is 37.4. The van der Waals surface area contributed by atoms with Crippen LogP contribution in [0.1, 0.15) is 57.3 Å². The number of fused-ring (bicyclic) bond motifs is 2. The Balaban J connectivity index is 0.644. The lowest BCUT2D eigenvalue weighted by molar-refractivity contribution is -0.136. The van der Waals surface area contributed by atoms with Crippen LogP contribution in [0, 0.1) is 0 Å². The molecule has 21 nitrogen and oxygen atoms in total. The van der Waals surface area contributed by atoms with Gasteiger partial charge in [0, 0.05) is 66.3 Å². The molecule has 2 aromatic carbocycles. The van der Waals surface area contributed by atoms with E-state index in [0.717, 1.165) is 40.2 Å². The maximum atomic E-state index is 13.2. The quantitative estimate of drug-likeness (QED) is 0.0341. The van der Waals surface area contributed by atoms with Crippen LogP contribution >= 0.6 is 0 Å². The fourth-order valence-corrected chi connectivity index (χ4v) is 7.35. The number of ether oxygens (including phenoxy) is 6. The number of rotatable bonds is 29. The predicted octanol–water partition coefficient (Wildman–Crippen LogP) is 3.32. The van der Waals surface area contributed by atoms with Gasteiger partial charge < -0.3 is 49.4 Å². The van der Waals surface area contributed by atoms with Gasteiger partial charge in [0.05, 0.1) is 102 Å². The lowest BCUT2D eigenvalue weighted by Crippen LogP contribution is -2.54. The molecule has 3 aromatic heterocycles. The molecule has 21 heteroatoms. The number of benzene rings is 2. The Morgan fingerprint density at radius 3 is 2.09 bits per heavy atom. The van der Waals surface area contributed by atoms with Gasteiger partial charge in [-0.15, -0.1) is 0 Å². The van der Waals surface area contributed by atoms with E-state index in [9.17, 15) is 24.0 Å². The van der Waals surface area contributed by atoms with Crippen LogP contribution in [0.5, 0.6) is 0 Å². The van der Waals surface area contributed by atoms with Gasteiger partial charge in [0.25, 0.3) is 17.7 Å². The normalized spacial score (nSPS) is 14.8. The third-order valence-electron chi connectivity index (χ3n) is 10.6. The Hall–Kier alpha value is -6.62. The van der Waals surface area contributed by atoms with Gasteiger partial charge in [-0.2, -0.15) is 10.1 Å². The van der Waals surface area contributed by atoms with Crippen LogP contribution in [-0.2, 0) is 44.6 Å². The van der Waals surface area contributed by atoms with E-state index in [0.29, 0.717) is 115 Å². The van der Waals surface area contributed by atoms with Crippen molar-refractivity contribution in [1.82, 2.24) is 40.3 Å². The highest BCUT2D eigenvalue weighted by Crippen LogP contribution is 2.32. The number of imide groups is 2. The highest BCUT2D eigenvalue weighted by atomic mass is 16.6. The second-order valence-electron chi connectivity index (χ2n) is 15.4. The summed E-state index contributed by atoms with van der Waals surface area (Å²) in [5.74, 6) is -1.98. The molecule has 2 aliphatic rings. The van der Waals surface area contributed by atoms with E-state index in [2.05, 4.69) is 43.3 Å². The molecule has 356 valence electrons. The van der Waals surface area contributed by atoms with Crippen LogP contribution < -0.4 is 21.3 Å². The molecule has 1 atom stereocenters. The van der Waals surface area contributed by atoms with Gasteiger partial charge >= 0.3 is 0 Å². The fourth-order valence-electron chi connectivity index (χ4n) is 7.35. The van der Waals surface area contributed by atoms with Gasteiger partial charge in [0.2, 0.25) is 17.8 Å². The van der Waals surface area contributed by atoms with Crippen molar-refractivity contribution >= 4 is 57.9 Å². The summed E-state index contributed by atoms with van der Waals surface area (Å²) < 4.78 is 35.2. The summed E-state index contributed by atoms with van der Waals surface area (Å²) in [6, 6.07) is 12.9.